The number of rotatable bonds is 8. The zero-order chi connectivity index (χ0) is 24.8. The van der Waals surface area contributed by atoms with Crippen LogP contribution >= 0.6 is 23.1 Å². The van der Waals surface area contributed by atoms with Gasteiger partial charge in [-0.15, -0.1) is 23.1 Å². The molecule has 5 nitrogen and oxygen atoms in total. The summed E-state index contributed by atoms with van der Waals surface area (Å²) in [5.74, 6) is -1.24. The quantitative estimate of drug-likeness (QED) is 0.253. The van der Waals surface area contributed by atoms with Crippen molar-refractivity contribution in [3.63, 3.8) is 0 Å². The zero-order valence-electron chi connectivity index (χ0n) is 19.2. The minimum atomic E-state index is -0.578. The van der Waals surface area contributed by atoms with E-state index in [4.69, 9.17) is 0 Å². The van der Waals surface area contributed by atoms with Gasteiger partial charge in [0.15, 0.2) is 5.13 Å². The van der Waals surface area contributed by atoms with Crippen molar-refractivity contribution in [3.05, 3.63) is 95.1 Å². The topological polar surface area (TPSA) is 71.1 Å². The summed E-state index contributed by atoms with van der Waals surface area (Å²) in [4.78, 5) is 31.9. The molecule has 0 saturated heterocycles. The molecule has 0 aliphatic rings. The fraction of sp³-hybridized carbons (Fsp3) is 0.148. The van der Waals surface area contributed by atoms with Gasteiger partial charge >= 0.3 is 0 Å². The minimum Gasteiger partial charge on any atom is -0.322 e. The Kier molecular flexibility index (Phi) is 7.94. The van der Waals surface area contributed by atoms with Crippen molar-refractivity contribution in [2.75, 3.05) is 10.6 Å². The van der Waals surface area contributed by atoms with Crippen molar-refractivity contribution in [2.24, 2.45) is 0 Å². The van der Waals surface area contributed by atoms with Crippen LogP contribution in [0.3, 0.4) is 0 Å². The third-order valence-electron chi connectivity index (χ3n) is 5.23. The largest absolute Gasteiger partial charge is 0.322 e. The van der Waals surface area contributed by atoms with Crippen LogP contribution in [0.25, 0.3) is 11.3 Å². The number of aryl methyl sites for hydroxylation is 1. The lowest BCUT2D eigenvalue weighted by molar-refractivity contribution is -0.115. The molecule has 4 aromatic rings. The molecular formula is C27H24FN3O2S2. The van der Waals surface area contributed by atoms with Crippen LogP contribution in [0.15, 0.2) is 83.8 Å². The van der Waals surface area contributed by atoms with Crippen molar-refractivity contribution in [2.45, 2.75) is 30.4 Å². The molecule has 8 heteroatoms. The highest BCUT2D eigenvalue weighted by molar-refractivity contribution is 8.00. The highest BCUT2D eigenvalue weighted by atomic mass is 32.2. The second kappa shape index (κ2) is 11.3. The van der Waals surface area contributed by atoms with Crippen molar-refractivity contribution in [1.82, 2.24) is 4.98 Å². The van der Waals surface area contributed by atoms with Crippen molar-refractivity contribution < 1.29 is 14.0 Å². The summed E-state index contributed by atoms with van der Waals surface area (Å²) in [6.45, 7) is 3.94. The SMILES string of the molecule is CCC(Sc1cccc(NC(=O)c2ccccc2F)c1)C(=O)Nc1nc(-c2ccccc2)c(C)s1. The maximum Gasteiger partial charge on any atom is 0.258 e. The molecule has 2 N–H and O–H groups in total. The summed E-state index contributed by atoms with van der Waals surface area (Å²) < 4.78 is 13.9. The molecule has 0 fully saturated rings. The molecule has 1 unspecified atom stereocenters. The predicted molar refractivity (Wildman–Crippen MR) is 142 cm³/mol. The van der Waals surface area contributed by atoms with Crippen LogP contribution in [0.2, 0.25) is 0 Å². The van der Waals surface area contributed by atoms with Gasteiger partial charge in [0.2, 0.25) is 5.91 Å². The van der Waals surface area contributed by atoms with Gasteiger partial charge < -0.3 is 10.6 Å². The van der Waals surface area contributed by atoms with Crippen LogP contribution in [0.4, 0.5) is 15.2 Å². The summed E-state index contributed by atoms with van der Waals surface area (Å²) in [6.07, 6.45) is 0.609. The van der Waals surface area contributed by atoms with E-state index in [0.29, 0.717) is 17.2 Å². The van der Waals surface area contributed by atoms with E-state index in [9.17, 15) is 14.0 Å². The zero-order valence-corrected chi connectivity index (χ0v) is 20.9. The highest BCUT2D eigenvalue weighted by Crippen LogP contribution is 2.32. The van der Waals surface area contributed by atoms with Gasteiger partial charge in [0.1, 0.15) is 5.82 Å². The van der Waals surface area contributed by atoms with Crippen LogP contribution < -0.4 is 10.6 Å². The van der Waals surface area contributed by atoms with E-state index in [1.54, 1.807) is 24.3 Å². The number of carbonyl (C=O) groups is 2. The molecule has 35 heavy (non-hydrogen) atoms. The number of hydrogen-bond acceptors (Lipinski definition) is 5. The van der Waals surface area contributed by atoms with E-state index in [1.807, 2.05) is 50.2 Å². The Labute approximate surface area is 211 Å². The molecule has 2 amide bonds. The number of benzene rings is 3. The number of nitrogens with zero attached hydrogens (tertiary/aromatic N) is 1. The Hall–Kier alpha value is -3.49. The van der Waals surface area contributed by atoms with E-state index < -0.39 is 11.7 Å². The first-order valence-electron chi connectivity index (χ1n) is 11.1. The number of halogens is 1. The fourth-order valence-corrected chi connectivity index (χ4v) is 5.33. The smallest absolute Gasteiger partial charge is 0.258 e. The molecule has 0 spiro atoms. The molecule has 0 saturated carbocycles. The molecule has 178 valence electrons. The van der Waals surface area contributed by atoms with Crippen molar-refractivity contribution in [3.8, 4) is 11.3 Å². The van der Waals surface area contributed by atoms with Crippen LogP contribution in [0, 0.1) is 12.7 Å². The van der Waals surface area contributed by atoms with Crippen molar-refractivity contribution in [1.29, 1.82) is 0 Å². The molecule has 4 rings (SSSR count). The lowest BCUT2D eigenvalue weighted by atomic mass is 10.1. The van der Waals surface area contributed by atoms with Gasteiger partial charge in [0.05, 0.1) is 16.5 Å². The van der Waals surface area contributed by atoms with Crippen LogP contribution in [-0.2, 0) is 4.79 Å². The average Bonchev–Trinajstić information content (AvgIpc) is 3.23. The van der Waals surface area contributed by atoms with E-state index in [-0.39, 0.29) is 16.7 Å². The number of amides is 2. The number of carbonyl (C=O) groups excluding carboxylic acids is 2. The Balaban J connectivity index is 1.43. The normalized spacial score (nSPS) is 11.6. The molecule has 1 aromatic heterocycles. The lowest BCUT2D eigenvalue weighted by Gasteiger charge is -2.14. The van der Waals surface area contributed by atoms with E-state index in [2.05, 4.69) is 15.6 Å². The molecule has 0 bridgehead atoms. The molecule has 1 atom stereocenters. The molecule has 1 heterocycles. The van der Waals surface area contributed by atoms with E-state index in [0.717, 1.165) is 21.0 Å². The number of anilines is 2. The molecular weight excluding hydrogens is 481 g/mol. The van der Waals surface area contributed by atoms with Gasteiger partial charge in [-0.3, -0.25) is 9.59 Å². The highest BCUT2D eigenvalue weighted by Gasteiger charge is 2.21. The Bertz CT molecular complexity index is 1340. The first-order chi connectivity index (χ1) is 16.9. The van der Waals surface area contributed by atoms with Crippen LogP contribution in [-0.4, -0.2) is 22.0 Å². The molecule has 0 aliphatic heterocycles. The summed E-state index contributed by atoms with van der Waals surface area (Å²) in [5, 5.41) is 5.89. The minimum absolute atomic E-state index is 0.0232. The second-order valence-electron chi connectivity index (χ2n) is 7.76. The maximum absolute atomic E-state index is 13.9. The standard InChI is InChI=1S/C27H24FN3O2S2/c1-3-23(26(33)31-27-30-24(17(2)34-27)18-10-5-4-6-11-18)35-20-13-9-12-19(16-20)29-25(32)21-14-7-8-15-22(21)28/h4-16,23H,3H2,1-2H3,(H,29,32)(H,30,31,33). The Morgan fingerprint density at radius 3 is 2.49 bits per heavy atom. The Morgan fingerprint density at radius 1 is 1.00 bits per heavy atom. The molecule has 0 aliphatic carbocycles. The molecule has 0 radical (unpaired) electrons. The predicted octanol–water partition coefficient (Wildman–Crippen LogP) is 7.02. The summed E-state index contributed by atoms with van der Waals surface area (Å²) in [7, 11) is 0. The van der Waals surface area contributed by atoms with Gasteiger partial charge in [-0.1, -0.05) is 55.5 Å². The number of aromatic nitrogens is 1. The number of nitrogens with one attached hydrogen (secondary N) is 2. The summed E-state index contributed by atoms with van der Waals surface area (Å²) in [6, 6.07) is 22.9. The average molecular weight is 506 g/mol. The maximum atomic E-state index is 13.9. The Morgan fingerprint density at radius 2 is 1.74 bits per heavy atom. The fourth-order valence-electron chi connectivity index (χ4n) is 3.48. The monoisotopic (exact) mass is 505 g/mol. The first kappa shape index (κ1) is 24.6. The molecule has 3 aromatic carbocycles. The van der Waals surface area contributed by atoms with E-state index >= 15 is 0 Å². The van der Waals surface area contributed by atoms with Gasteiger partial charge in [0.25, 0.3) is 5.91 Å². The third kappa shape index (κ3) is 6.15. The lowest BCUT2D eigenvalue weighted by Crippen LogP contribution is -2.24. The van der Waals surface area contributed by atoms with Gasteiger partial charge in [-0.05, 0) is 43.7 Å². The number of thioether (sulfide) groups is 1. The van der Waals surface area contributed by atoms with Gasteiger partial charge in [-0.25, -0.2) is 9.37 Å². The van der Waals surface area contributed by atoms with E-state index in [1.165, 1.54) is 41.3 Å². The number of thiazole rings is 1. The number of hydrogen-bond donors (Lipinski definition) is 2. The van der Waals surface area contributed by atoms with Crippen LogP contribution in [0.1, 0.15) is 28.6 Å². The van der Waals surface area contributed by atoms with Gasteiger partial charge in [0, 0.05) is 21.0 Å². The summed E-state index contributed by atoms with van der Waals surface area (Å²) >= 11 is 2.85. The van der Waals surface area contributed by atoms with Gasteiger partial charge in [-0.2, -0.15) is 0 Å². The van der Waals surface area contributed by atoms with Crippen LogP contribution in [0.5, 0.6) is 0 Å². The second-order valence-corrected chi connectivity index (χ2v) is 10.2. The third-order valence-corrected chi connectivity index (χ3v) is 7.47. The summed E-state index contributed by atoms with van der Waals surface area (Å²) in [5.41, 5.74) is 2.38. The first-order valence-corrected chi connectivity index (χ1v) is 12.8. The van der Waals surface area contributed by atoms with Crippen molar-refractivity contribution >= 4 is 45.7 Å².